The van der Waals surface area contributed by atoms with E-state index < -0.39 is 8.07 Å². The quantitative estimate of drug-likeness (QED) is 0.321. The van der Waals surface area contributed by atoms with Gasteiger partial charge in [-0.25, -0.2) is 0 Å². The minimum atomic E-state index is -1.60. The molecule has 0 radical (unpaired) electrons. The Bertz CT molecular complexity index is 115. The first kappa shape index (κ1) is 6.34. The monoisotopic (exact) mass is 108 g/mol. The van der Waals surface area contributed by atoms with Crippen molar-refractivity contribution in [1.29, 1.82) is 0 Å². The zero-order valence-electron chi connectivity index (χ0n) is 4.65. The summed E-state index contributed by atoms with van der Waals surface area (Å²) in [5.74, 6) is 0. The first-order valence-electron chi connectivity index (χ1n) is 2.08. The van der Waals surface area contributed by atoms with Gasteiger partial charge in [0.25, 0.3) is 0 Å². The van der Waals surface area contributed by atoms with Gasteiger partial charge in [-0.2, -0.15) is 0 Å². The van der Waals surface area contributed by atoms with Gasteiger partial charge in [-0.1, -0.05) is 0 Å². The molecule has 0 amide bonds. The molecule has 0 aromatic rings. The van der Waals surface area contributed by atoms with Crippen LogP contribution in [0.15, 0.2) is 0 Å². The first-order chi connectivity index (χ1) is 3.12. The van der Waals surface area contributed by atoms with Crippen LogP contribution in [0, 0.1) is 23.9 Å². The largest absolute Gasteiger partial charge is 0.210 e. The molecule has 0 aliphatic carbocycles. The average molecular weight is 108 g/mol. The Morgan fingerprint density at radius 3 is 1.43 bits per heavy atom. The van der Waals surface area contributed by atoms with E-state index in [0.717, 1.165) is 0 Å². The van der Waals surface area contributed by atoms with E-state index in [2.05, 4.69) is 11.1 Å². The number of rotatable bonds is 0. The Morgan fingerprint density at radius 2 is 1.43 bits per heavy atom. The lowest BCUT2D eigenvalue weighted by atomic mass is 11.4. The molecule has 0 aromatic carbocycles. The summed E-state index contributed by atoms with van der Waals surface area (Å²) in [7, 11) is -1.60. The maximum atomic E-state index is 5.09. The molecule has 7 heavy (non-hydrogen) atoms. The minimum Gasteiger partial charge on any atom is -0.126 e. The van der Waals surface area contributed by atoms with Crippen molar-refractivity contribution < 1.29 is 0 Å². The van der Waals surface area contributed by atoms with Crippen LogP contribution in [0.3, 0.4) is 0 Å². The van der Waals surface area contributed by atoms with Gasteiger partial charge in [0, 0.05) is 0 Å². The number of terminal acetylenes is 2. The fourth-order valence-electron chi connectivity index (χ4n) is 0.0417. The fourth-order valence-corrected chi connectivity index (χ4v) is 0.125. The van der Waals surface area contributed by atoms with Gasteiger partial charge < -0.3 is 0 Å². The summed E-state index contributed by atoms with van der Waals surface area (Å²) in [5.41, 5.74) is 5.19. The molecule has 0 saturated carbocycles. The highest BCUT2D eigenvalue weighted by Gasteiger charge is 2.11. The lowest BCUT2D eigenvalue weighted by Gasteiger charge is -1.99. The summed E-state index contributed by atoms with van der Waals surface area (Å²) in [6.45, 7) is 3.93. The van der Waals surface area contributed by atoms with Gasteiger partial charge >= 0.3 is 0 Å². The molecule has 0 fully saturated rings. The van der Waals surface area contributed by atoms with Crippen molar-refractivity contribution in [3.8, 4) is 23.9 Å². The van der Waals surface area contributed by atoms with E-state index in [-0.39, 0.29) is 0 Å². The molecule has 36 valence electrons. The van der Waals surface area contributed by atoms with Gasteiger partial charge in [0.15, 0.2) is 0 Å². The molecule has 0 saturated heterocycles. The van der Waals surface area contributed by atoms with E-state index in [0.29, 0.717) is 0 Å². The number of hydrogen-bond donors (Lipinski definition) is 0. The van der Waals surface area contributed by atoms with E-state index in [1.807, 2.05) is 13.1 Å². The maximum absolute atomic E-state index is 5.09. The van der Waals surface area contributed by atoms with Crippen molar-refractivity contribution in [2.24, 2.45) is 0 Å². The standard InChI is InChI=1S/C6H8Si/c1-5-7(3,4)6-2/h1-2H,3-4H3. The second-order valence-electron chi connectivity index (χ2n) is 1.91. The van der Waals surface area contributed by atoms with Gasteiger partial charge in [-0.05, 0) is 13.1 Å². The lowest BCUT2D eigenvalue weighted by molar-refractivity contribution is 1.95. The molecule has 0 unspecified atom stereocenters. The van der Waals surface area contributed by atoms with Gasteiger partial charge in [0.2, 0.25) is 8.07 Å². The highest BCUT2D eigenvalue weighted by molar-refractivity contribution is 6.91. The fraction of sp³-hybridized carbons (Fsp3) is 0.333. The molecule has 0 N–H and O–H groups in total. The molecule has 0 aliphatic heterocycles. The van der Waals surface area contributed by atoms with Crippen molar-refractivity contribution in [1.82, 2.24) is 0 Å². The van der Waals surface area contributed by atoms with Crippen molar-refractivity contribution in [2.75, 3.05) is 0 Å². The molecule has 0 aliphatic rings. The summed E-state index contributed by atoms with van der Waals surface area (Å²) >= 11 is 0. The smallest absolute Gasteiger partial charge is 0.126 e. The summed E-state index contributed by atoms with van der Waals surface area (Å²) in [5, 5.41) is 0. The normalized spacial score (nSPS) is 9.14. The summed E-state index contributed by atoms with van der Waals surface area (Å²) in [4.78, 5) is 0. The van der Waals surface area contributed by atoms with Gasteiger partial charge in [-0.3, -0.25) is 0 Å². The van der Waals surface area contributed by atoms with Crippen molar-refractivity contribution >= 4 is 8.07 Å². The molecule has 0 rings (SSSR count). The van der Waals surface area contributed by atoms with Crippen LogP contribution in [0.25, 0.3) is 0 Å². The molecular weight excluding hydrogens is 100 g/mol. The molecule has 0 nitrogen and oxygen atoms in total. The third-order valence-corrected chi connectivity index (χ3v) is 2.17. The second-order valence-corrected chi connectivity index (χ2v) is 5.74. The Kier molecular flexibility index (Phi) is 1.69. The highest BCUT2D eigenvalue weighted by atomic mass is 28.3. The van der Waals surface area contributed by atoms with Crippen molar-refractivity contribution in [3.63, 3.8) is 0 Å². The topological polar surface area (TPSA) is 0 Å². The van der Waals surface area contributed by atoms with Crippen LogP contribution in [0.2, 0.25) is 13.1 Å². The van der Waals surface area contributed by atoms with Crippen LogP contribution in [0.5, 0.6) is 0 Å². The van der Waals surface area contributed by atoms with Crippen LogP contribution >= 0.6 is 0 Å². The van der Waals surface area contributed by atoms with Crippen molar-refractivity contribution in [2.45, 2.75) is 13.1 Å². The highest BCUT2D eigenvalue weighted by Crippen LogP contribution is 1.93. The van der Waals surface area contributed by atoms with E-state index in [1.165, 1.54) is 0 Å². The van der Waals surface area contributed by atoms with E-state index in [9.17, 15) is 0 Å². The van der Waals surface area contributed by atoms with E-state index in [1.54, 1.807) is 0 Å². The third-order valence-electron chi connectivity index (χ3n) is 0.722. The predicted octanol–water partition coefficient (Wildman–Crippen LogP) is 1.04. The zero-order chi connectivity index (χ0) is 5.91. The Labute approximate surface area is 45.9 Å². The van der Waals surface area contributed by atoms with Crippen LogP contribution in [0.4, 0.5) is 0 Å². The molecular formula is C6H8Si. The van der Waals surface area contributed by atoms with E-state index in [4.69, 9.17) is 12.8 Å². The summed E-state index contributed by atoms with van der Waals surface area (Å²) < 4.78 is 0. The van der Waals surface area contributed by atoms with Crippen LogP contribution in [-0.2, 0) is 0 Å². The molecule has 0 aromatic heterocycles. The predicted molar refractivity (Wildman–Crippen MR) is 35.1 cm³/mol. The molecule has 0 bridgehead atoms. The zero-order valence-corrected chi connectivity index (χ0v) is 5.65. The summed E-state index contributed by atoms with van der Waals surface area (Å²) in [6, 6.07) is 0. The second kappa shape index (κ2) is 1.86. The van der Waals surface area contributed by atoms with E-state index >= 15 is 0 Å². The van der Waals surface area contributed by atoms with Crippen molar-refractivity contribution in [3.05, 3.63) is 0 Å². The first-order valence-corrected chi connectivity index (χ1v) is 5.08. The maximum Gasteiger partial charge on any atom is 0.210 e. The van der Waals surface area contributed by atoms with Gasteiger partial charge in [-0.15, -0.1) is 23.9 Å². The van der Waals surface area contributed by atoms with Gasteiger partial charge in [0.1, 0.15) is 0 Å². The lowest BCUT2D eigenvalue weighted by Crippen LogP contribution is -2.19. The Hall–Kier alpha value is -0.663. The Morgan fingerprint density at radius 1 is 1.14 bits per heavy atom. The Balaban J connectivity index is 4.00. The SMILES string of the molecule is C#C[Si](C)(C)C#C. The summed E-state index contributed by atoms with van der Waals surface area (Å²) in [6.07, 6.45) is 10.2. The number of hydrogen-bond acceptors (Lipinski definition) is 0. The van der Waals surface area contributed by atoms with Crippen LogP contribution in [-0.4, -0.2) is 8.07 Å². The van der Waals surface area contributed by atoms with Crippen LogP contribution < -0.4 is 0 Å². The average Bonchev–Trinajstić information content (AvgIpc) is 1.68. The third kappa shape index (κ3) is 2.09. The molecule has 0 heterocycles. The van der Waals surface area contributed by atoms with Crippen LogP contribution in [0.1, 0.15) is 0 Å². The molecule has 1 heteroatoms. The minimum absolute atomic E-state index is 1.60. The van der Waals surface area contributed by atoms with Gasteiger partial charge in [0.05, 0.1) is 0 Å². The molecule has 0 atom stereocenters. The molecule has 0 spiro atoms.